The Balaban J connectivity index is 1.66. The quantitative estimate of drug-likeness (QED) is 0.566. The Morgan fingerprint density at radius 1 is 1.32 bits per heavy atom. The van der Waals surface area contributed by atoms with E-state index in [1.54, 1.807) is 37.5 Å². The minimum Gasteiger partial charge on any atom is -0.505 e. The van der Waals surface area contributed by atoms with Crippen molar-refractivity contribution >= 4 is 35.2 Å². The number of thioether (sulfide) groups is 1. The molecule has 1 fully saturated rings. The number of nitrogens with zero attached hydrogens (tertiary/aromatic N) is 4. The summed E-state index contributed by atoms with van der Waals surface area (Å²) >= 11 is 0.879. The van der Waals surface area contributed by atoms with Gasteiger partial charge in [-0.3, -0.25) is 29.4 Å². The number of aromatic nitrogens is 2. The molecule has 1 aliphatic heterocycles. The fourth-order valence-electron chi connectivity index (χ4n) is 2.54. The van der Waals surface area contributed by atoms with E-state index < -0.39 is 0 Å². The van der Waals surface area contributed by atoms with Crippen molar-refractivity contribution in [2.45, 2.75) is 13.5 Å². The number of aliphatic imine (C=N–C) groups is 1. The van der Waals surface area contributed by atoms with Gasteiger partial charge in [0.15, 0.2) is 0 Å². The molecule has 0 saturated carbocycles. The van der Waals surface area contributed by atoms with Gasteiger partial charge in [-0.2, -0.15) is 0 Å². The molecule has 9 heteroatoms. The Morgan fingerprint density at radius 2 is 2.14 bits per heavy atom. The molecule has 0 aromatic carbocycles. The van der Waals surface area contributed by atoms with E-state index in [-0.39, 0.29) is 36.6 Å². The van der Waals surface area contributed by atoms with Crippen LogP contribution in [0.3, 0.4) is 0 Å². The summed E-state index contributed by atoms with van der Waals surface area (Å²) in [6, 6.07) is 3.55. The molecule has 0 radical (unpaired) electrons. The third kappa shape index (κ3) is 4.26. The normalized spacial score (nSPS) is 15.9. The van der Waals surface area contributed by atoms with Gasteiger partial charge >= 0.3 is 0 Å². The zero-order chi connectivity index (χ0) is 20.1. The molecular formula is C19H18N4O4S. The maximum absolute atomic E-state index is 12.4. The van der Waals surface area contributed by atoms with Crippen LogP contribution in [0.15, 0.2) is 40.6 Å². The van der Waals surface area contributed by atoms with Crippen LogP contribution in [-0.4, -0.2) is 55.5 Å². The van der Waals surface area contributed by atoms with Crippen LogP contribution in [0.4, 0.5) is 4.79 Å². The second kappa shape index (κ2) is 8.77. The zero-order valence-electron chi connectivity index (χ0n) is 15.1. The number of aromatic hydroxyl groups is 1. The summed E-state index contributed by atoms with van der Waals surface area (Å²) in [5, 5.41) is 19.1. The molecular weight excluding hydrogens is 380 g/mol. The van der Waals surface area contributed by atoms with E-state index in [0.29, 0.717) is 21.7 Å². The fraction of sp³-hybridized carbons (Fsp3) is 0.211. The molecule has 0 atom stereocenters. The maximum atomic E-state index is 12.4. The molecule has 28 heavy (non-hydrogen) atoms. The predicted molar refractivity (Wildman–Crippen MR) is 106 cm³/mol. The molecule has 2 amide bonds. The van der Waals surface area contributed by atoms with Gasteiger partial charge in [0.1, 0.15) is 5.75 Å². The summed E-state index contributed by atoms with van der Waals surface area (Å²) in [4.78, 5) is 38.2. The number of hydrogen-bond acceptors (Lipinski definition) is 8. The Morgan fingerprint density at radius 3 is 2.86 bits per heavy atom. The molecule has 0 aliphatic carbocycles. The van der Waals surface area contributed by atoms with Crippen molar-refractivity contribution in [3.63, 3.8) is 0 Å². The van der Waals surface area contributed by atoms with Crippen LogP contribution in [0.5, 0.6) is 5.75 Å². The first-order valence-corrected chi connectivity index (χ1v) is 9.26. The van der Waals surface area contributed by atoms with Crippen LogP contribution in [0.2, 0.25) is 0 Å². The van der Waals surface area contributed by atoms with Gasteiger partial charge in [-0.15, -0.1) is 0 Å². The van der Waals surface area contributed by atoms with Crippen molar-refractivity contribution in [3.8, 4) is 5.75 Å². The van der Waals surface area contributed by atoms with Gasteiger partial charge in [-0.1, -0.05) is 6.07 Å². The van der Waals surface area contributed by atoms with Crippen molar-refractivity contribution < 1.29 is 19.8 Å². The number of aliphatic hydroxyl groups excluding tert-OH is 1. The van der Waals surface area contributed by atoms with Gasteiger partial charge in [-0.25, -0.2) is 0 Å². The maximum Gasteiger partial charge on any atom is 0.293 e. The lowest BCUT2D eigenvalue weighted by atomic mass is 10.1. The molecule has 3 rings (SSSR count). The molecule has 2 N–H and O–H groups in total. The average molecular weight is 398 g/mol. The van der Waals surface area contributed by atoms with Gasteiger partial charge in [0, 0.05) is 42.5 Å². The number of aliphatic hydroxyl groups is 1. The van der Waals surface area contributed by atoms with Gasteiger partial charge in [-0.05, 0) is 36.4 Å². The van der Waals surface area contributed by atoms with E-state index in [9.17, 15) is 19.8 Å². The molecule has 8 nitrogen and oxygen atoms in total. The second-order valence-electron chi connectivity index (χ2n) is 5.94. The number of imide groups is 1. The number of carbonyl (C=O) groups excluding carboxylic acids is 2. The van der Waals surface area contributed by atoms with Crippen LogP contribution < -0.4 is 0 Å². The summed E-state index contributed by atoms with van der Waals surface area (Å²) in [7, 11) is 0. The molecule has 2 aromatic heterocycles. The topological polar surface area (TPSA) is 116 Å². The van der Waals surface area contributed by atoms with Gasteiger partial charge in [0.05, 0.1) is 23.8 Å². The molecule has 2 aromatic rings. The van der Waals surface area contributed by atoms with E-state index in [1.165, 1.54) is 12.4 Å². The minimum atomic E-state index is -0.368. The standard InChI is InChI=1S/C19H18N4O4S/c1-12-17(25)15(14(11-24)9-22-12)10-21-5-6-23-18(26)16(28-19(23)27)7-13-3-2-4-20-8-13/h2-4,7-10,24-25H,5-6,11H2,1H3/b16-7-,21-10?. The van der Waals surface area contributed by atoms with E-state index >= 15 is 0 Å². The van der Waals surface area contributed by atoms with Crippen LogP contribution in [-0.2, 0) is 11.4 Å². The summed E-state index contributed by atoms with van der Waals surface area (Å²) in [6.45, 7) is 1.64. The number of pyridine rings is 2. The fourth-order valence-corrected chi connectivity index (χ4v) is 3.41. The average Bonchev–Trinajstić information content (AvgIpc) is 2.96. The molecule has 0 spiro atoms. The van der Waals surface area contributed by atoms with E-state index in [2.05, 4.69) is 15.0 Å². The van der Waals surface area contributed by atoms with E-state index in [0.717, 1.165) is 22.2 Å². The number of rotatable bonds is 6. The number of aryl methyl sites for hydroxylation is 1. The molecule has 144 valence electrons. The number of amides is 2. The van der Waals surface area contributed by atoms with E-state index in [4.69, 9.17) is 0 Å². The van der Waals surface area contributed by atoms with Crippen molar-refractivity contribution in [2.24, 2.45) is 4.99 Å². The number of carbonyl (C=O) groups is 2. The third-order valence-corrected chi connectivity index (χ3v) is 4.96. The lowest BCUT2D eigenvalue weighted by molar-refractivity contribution is -0.122. The van der Waals surface area contributed by atoms with Crippen LogP contribution in [0.1, 0.15) is 22.4 Å². The first-order valence-electron chi connectivity index (χ1n) is 8.44. The molecule has 0 unspecified atom stereocenters. The molecule has 1 aliphatic rings. The van der Waals surface area contributed by atoms with E-state index in [1.807, 2.05) is 0 Å². The van der Waals surface area contributed by atoms with Gasteiger partial charge < -0.3 is 10.2 Å². The first kappa shape index (κ1) is 19.7. The summed E-state index contributed by atoms with van der Waals surface area (Å²) < 4.78 is 0. The smallest absolute Gasteiger partial charge is 0.293 e. The Hall–Kier alpha value is -3.04. The van der Waals surface area contributed by atoms with Crippen molar-refractivity contribution in [1.82, 2.24) is 14.9 Å². The van der Waals surface area contributed by atoms with Gasteiger partial charge in [0.25, 0.3) is 11.1 Å². The van der Waals surface area contributed by atoms with Gasteiger partial charge in [0.2, 0.25) is 0 Å². The highest BCUT2D eigenvalue weighted by Gasteiger charge is 2.34. The van der Waals surface area contributed by atoms with Crippen LogP contribution in [0, 0.1) is 6.92 Å². The van der Waals surface area contributed by atoms with Crippen LogP contribution in [0.25, 0.3) is 6.08 Å². The Labute approximate surface area is 165 Å². The largest absolute Gasteiger partial charge is 0.505 e. The molecule has 3 heterocycles. The molecule has 1 saturated heterocycles. The molecule has 0 bridgehead atoms. The monoisotopic (exact) mass is 398 g/mol. The van der Waals surface area contributed by atoms with Crippen LogP contribution >= 0.6 is 11.8 Å². The highest BCUT2D eigenvalue weighted by atomic mass is 32.2. The van der Waals surface area contributed by atoms with Crippen molar-refractivity contribution in [3.05, 3.63) is 58.0 Å². The highest BCUT2D eigenvalue weighted by Crippen LogP contribution is 2.31. The Bertz CT molecular complexity index is 960. The third-order valence-electron chi connectivity index (χ3n) is 4.06. The SMILES string of the molecule is Cc1ncc(CO)c(C=NCCN2C(=O)S/C(=C\c3cccnc3)C2=O)c1O. The summed E-state index contributed by atoms with van der Waals surface area (Å²) in [6.07, 6.45) is 7.76. The predicted octanol–water partition coefficient (Wildman–Crippen LogP) is 2.14. The first-order chi connectivity index (χ1) is 13.5. The second-order valence-corrected chi connectivity index (χ2v) is 6.94. The van der Waals surface area contributed by atoms with Crippen molar-refractivity contribution in [2.75, 3.05) is 13.1 Å². The number of hydrogen-bond donors (Lipinski definition) is 2. The lowest BCUT2D eigenvalue weighted by Crippen LogP contribution is -2.30. The van der Waals surface area contributed by atoms with Crippen molar-refractivity contribution in [1.29, 1.82) is 0 Å². The summed E-state index contributed by atoms with van der Waals surface area (Å²) in [5.41, 5.74) is 1.98. The zero-order valence-corrected chi connectivity index (χ0v) is 15.9. The lowest BCUT2D eigenvalue weighted by Gasteiger charge is -2.10. The highest BCUT2D eigenvalue weighted by molar-refractivity contribution is 8.18. The summed E-state index contributed by atoms with van der Waals surface area (Å²) in [5.74, 6) is -0.423. The minimum absolute atomic E-state index is 0.0547. The Kier molecular flexibility index (Phi) is 6.17.